The molecule has 0 radical (unpaired) electrons. The Labute approximate surface area is 143 Å². The summed E-state index contributed by atoms with van der Waals surface area (Å²) in [5.41, 5.74) is 7.13. The first-order valence-electron chi connectivity index (χ1n) is 8.00. The predicted molar refractivity (Wildman–Crippen MR) is 97.5 cm³/mol. The molecule has 1 unspecified atom stereocenters. The summed E-state index contributed by atoms with van der Waals surface area (Å²) in [6, 6.07) is 9.73. The van der Waals surface area contributed by atoms with E-state index >= 15 is 0 Å². The van der Waals surface area contributed by atoms with Crippen molar-refractivity contribution < 1.29 is 14.4 Å². The van der Waals surface area contributed by atoms with E-state index in [9.17, 15) is 9.59 Å². The lowest BCUT2D eigenvalue weighted by molar-refractivity contribution is -0.0980. The standard InChI is InChI=1S/C18H18O2.CH5N.CH2O/c1-10(2)9-12-7-8-15-16-13(12)5-4-6-14(16)17(19)11(3)18(15)20;2*1-2/h4-8,10-11H,9H2,1-3H3;2H2,1H3;1H2. The molecule has 3 rings (SSSR count). The summed E-state index contributed by atoms with van der Waals surface area (Å²) < 4.78 is 0. The monoisotopic (exact) mass is 327 g/mol. The number of carbonyl (C=O) groups excluding carboxylic acids is 3. The molecule has 2 N–H and O–H groups in total. The summed E-state index contributed by atoms with van der Waals surface area (Å²) in [6.45, 7) is 8.05. The van der Waals surface area contributed by atoms with Crippen molar-refractivity contribution >= 4 is 29.1 Å². The van der Waals surface area contributed by atoms with E-state index in [-0.39, 0.29) is 11.6 Å². The maximum atomic E-state index is 12.3. The van der Waals surface area contributed by atoms with Gasteiger partial charge in [0.05, 0.1) is 5.92 Å². The van der Waals surface area contributed by atoms with Crippen LogP contribution in [0.1, 0.15) is 47.1 Å². The SMILES string of the molecule is C=O.CC(C)Cc1ccc2c3c(cccc13)C(=O)C(C)C2=O.CN. The first-order chi connectivity index (χ1) is 11.5. The van der Waals surface area contributed by atoms with Crippen LogP contribution in [0, 0.1) is 11.8 Å². The summed E-state index contributed by atoms with van der Waals surface area (Å²) in [7, 11) is 1.50. The molecule has 0 spiro atoms. The minimum Gasteiger partial charge on any atom is -0.333 e. The van der Waals surface area contributed by atoms with Crippen LogP contribution in [0.4, 0.5) is 0 Å². The van der Waals surface area contributed by atoms with Crippen molar-refractivity contribution in [3.05, 3.63) is 47.0 Å². The fraction of sp³-hybridized carbons (Fsp3) is 0.350. The molecular formula is C20H25NO3. The summed E-state index contributed by atoms with van der Waals surface area (Å²) in [4.78, 5) is 32.7. The van der Waals surface area contributed by atoms with Crippen LogP contribution in [0.15, 0.2) is 30.3 Å². The Bertz CT molecular complexity index is 728. The van der Waals surface area contributed by atoms with Crippen LogP contribution in [0.2, 0.25) is 0 Å². The fourth-order valence-electron chi connectivity index (χ4n) is 3.08. The molecule has 0 amide bonds. The third kappa shape index (κ3) is 3.44. The van der Waals surface area contributed by atoms with E-state index in [1.54, 1.807) is 6.92 Å². The average molecular weight is 327 g/mol. The first-order valence-corrected chi connectivity index (χ1v) is 8.00. The second kappa shape index (κ2) is 8.50. The van der Waals surface area contributed by atoms with E-state index < -0.39 is 5.92 Å². The quantitative estimate of drug-likeness (QED) is 0.857. The highest BCUT2D eigenvalue weighted by Crippen LogP contribution is 2.34. The van der Waals surface area contributed by atoms with Gasteiger partial charge < -0.3 is 10.5 Å². The fourth-order valence-corrected chi connectivity index (χ4v) is 3.08. The van der Waals surface area contributed by atoms with Crippen molar-refractivity contribution in [3.63, 3.8) is 0 Å². The highest BCUT2D eigenvalue weighted by molar-refractivity contribution is 6.29. The molecule has 0 aliphatic heterocycles. The topological polar surface area (TPSA) is 77.2 Å². The Kier molecular flexibility index (Phi) is 6.98. The lowest BCUT2D eigenvalue weighted by Crippen LogP contribution is -2.26. The van der Waals surface area contributed by atoms with Crippen LogP contribution in [0.5, 0.6) is 0 Å². The van der Waals surface area contributed by atoms with Crippen LogP contribution in [0.3, 0.4) is 0 Å². The van der Waals surface area contributed by atoms with Gasteiger partial charge in [-0.2, -0.15) is 0 Å². The minimum absolute atomic E-state index is 0.0465. The van der Waals surface area contributed by atoms with Crippen LogP contribution >= 0.6 is 0 Å². The molecule has 4 heteroatoms. The molecular weight excluding hydrogens is 302 g/mol. The molecule has 2 aromatic carbocycles. The number of Topliss-reactive ketones (excluding diaryl/α,β-unsaturated/α-hetero) is 2. The molecule has 0 bridgehead atoms. The zero-order valence-electron chi connectivity index (χ0n) is 14.8. The smallest absolute Gasteiger partial charge is 0.174 e. The van der Waals surface area contributed by atoms with Gasteiger partial charge in [-0.3, -0.25) is 9.59 Å². The van der Waals surface area contributed by atoms with Crippen LogP contribution in [-0.4, -0.2) is 25.4 Å². The molecule has 24 heavy (non-hydrogen) atoms. The van der Waals surface area contributed by atoms with Gasteiger partial charge in [0.15, 0.2) is 11.6 Å². The zero-order valence-corrected chi connectivity index (χ0v) is 14.8. The number of nitrogens with two attached hydrogens (primary N) is 1. The predicted octanol–water partition coefficient (Wildman–Crippen LogP) is 3.44. The van der Waals surface area contributed by atoms with E-state index in [2.05, 4.69) is 19.6 Å². The third-order valence-electron chi connectivity index (χ3n) is 4.08. The number of benzene rings is 2. The summed E-state index contributed by atoms with van der Waals surface area (Å²) in [5.74, 6) is -0.102. The first kappa shape index (κ1) is 19.7. The molecule has 1 aliphatic carbocycles. The van der Waals surface area contributed by atoms with Gasteiger partial charge in [0, 0.05) is 16.5 Å². The average Bonchev–Trinajstić information content (AvgIpc) is 2.61. The van der Waals surface area contributed by atoms with Crippen molar-refractivity contribution in [3.8, 4) is 0 Å². The molecule has 1 atom stereocenters. The molecule has 1 aliphatic rings. The molecule has 128 valence electrons. The van der Waals surface area contributed by atoms with Crippen molar-refractivity contribution in [2.24, 2.45) is 17.6 Å². The summed E-state index contributed by atoms with van der Waals surface area (Å²) in [6.07, 6.45) is 0.957. The number of carbonyl (C=O) groups is 3. The van der Waals surface area contributed by atoms with Crippen LogP contribution < -0.4 is 5.73 Å². The van der Waals surface area contributed by atoms with E-state index in [1.807, 2.05) is 37.1 Å². The van der Waals surface area contributed by atoms with E-state index in [0.29, 0.717) is 17.0 Å². The number of hydrogen-bond acceptors (Lipinski definition) is 4. The second-order valence-electron chi connectivity index (χ2n) is 6.05. The maximum Gasteiger partial charge on any atom is 0.174 e. The summed E-state index contributed by atoms with van der Waals surface area (Å²) in [5, 5.41) is 1.92. The number of ketones is 2. The van der Waals surface area contributed by atoms with Gasteiger partial charge in [0.1, 0.15) is 6.79 Å². The van der Waals surface area contributed by atoms with Crippen LogP contribution in [-0.2, 0) is 11.2 Å². The van der Waals surface area contributed by atoms with Gasteiger partial charge >= 0.3 is 0 Å². The van der Waals surface area contributed by atoms with E-state index in [1.165, 1.54) is 12.6 Å². The Hall–Kier alpha value is -2.33. The van der Waals surface area contributed by atoms with Crippen molar-refractivity contribution in [1.82, 2.24) is 0 Å². The Morgan fingerprint density at radius 2 is 1.54 bits per heavy atom. The van der Waals surface area contributed by atoms with Gasteiger partial charge in [0.25, 0.3) is 0 Å². The molecule has 0 saturated heterocycles. The highest BCUT2D eigenvalue weighted by Gasteiger charge is 2.32. The van der Waals surface area contributed by atoms with Gasteiger partial charge in [-0.1, -0.05) is 44.2 Å². The zero-order chi connectivity index (χ0) is 18.4. The van der Waals surface area contributed by atoms with Crippen molar-refractivity contribution in [2.45, 2.75) is 27.2 Å². The lowest BCUT2D eigenvalue weighted by atomic mass is 9.79. The molecule has 0 heterocycles. The highest BCUT2D eigenvalue weighted by atomic mass is 16.2. The molecule has 0 aromatic heterocycles. The van der Waals surface area contributed by atoms with E-state index in [4.69, 9.17) is 4.79 Å². The molecule has 2 aromatic rings. The molecule has 0 fully saturated rings. The Balaban J connectivity index is 0.000000671. The molecule has 4 nitrogen and oxygen atoms in total. The Morgan fingerprint density at radius 1 is 1.00 bits per heavy atom. The number of hydrogen-bond donors (Lipinski definition) is 1. The van der Waals surface area contributed by atoms with E-state index in [0.717, 1.165) is 17.2 Å². The van der Waals surface area contributed by atoms with Gasteiger partial charge in [-0.25, -0.2) is 0 Å². The van der Waals surface area contributed by atoms with Crippen molar-refractivity contribution in [1.29, 1.82) is 0 Å². The normalized spacial score (nSPS) is 15.5. The maximum absolute atomic E-state index is 12.3. The second-order valence-corrected chi connectivity index (χ2v) is 6.05. The van der Waals surface area contributed by atoms with Crippen molar-refractivity contribution in [2.75, 3.05) is 7.05 Å². The van der Waals surface area contributed by atoms with Gasteiger partial charge in [-0.15, -0.1) is 0 Å². The Morgan fingerprint density at radius 3 is 2.08 bits per heavy atom. The van der Waals surface area contributed by atoms with Crippen LogP contribution in [0.25, 0.3) is 10.8 Å². The number of rotatable bonds is 2. The largest absolute Gasteiger partial charge is 0.333 e. The summed E-state index contributed by atoms with van der Waals surface area (Å²) >= 11 is 0. The lowest BCUT2D eigenvalue weighted by Gasteiger charge is -2.22. The molecule has 0 saturated carbocycles. The van der Waals surface area contributed by atoms with Gasteiger partial charge in [0.2, 0.25) is 0 Å². The third-order valence-corrected chi connectivity index (χ3v) is 4.08. The minimum atomic E-state index is -0.552. The van der Waals surface area contributed by atoms with Gasteiger partial charge in [-0.05, 0) is 37.3 Å².